The van der Waals surface area contributed by atoms with E-state index in [1.165, 1.54) is 10.9 Å². The standard InChI is InChI=1S/C7H11N3O3/c1-2-13-7(12)6-5-10(3-4-11)9-8-6/h5,11H,2-4H2,1H3. The van der Waals surface area contributed by atoms with Crippen molar-refractivity contribution in [3.05, 3.63) is 11.9 Å². The Labute approximate surface area is 75.1 Å². The van der Waals surface area contributed by atoms with E-state index in [0.29, 0.717) is 13.2 Å². The number of aliphatic hydroxyl groups excluding tert-OH is 1. The van der Waals surface area contributed by atoms with E-state index in [-0.39, 0.29) is 12.3 Å². The van der Waals surface area contributed by atoms with Gasteiger partial charge in [0.1, 0.15) is 0 Å². The van der Waals surface area contributed by atoms with Crippen molar-refractivity contribution in [2.75, 3.05) is 13.2 Å². The van der Waals surface area contributed by atoms with Gasteiger partial charge in [0.15, 0.2) is 5.69 Å². The van der Waals surface area contributed by atoms with E-state index in [0.717, 1.165) is 0 Å². The lowest BCUT2D eigenvalue weighted by atomic mass is 10.5. The molecule has 0 radical (unpaired) electrons. The van der Waals surface area contributed by atoms with Gasteiger partial charge in [0.25, 0.3) is 0 Å². The Balaban J connectivity index is 2.62. The molecule has 0 saturated carbocycles. The molecule has 0 aliphatic heterocycles. The topological polar surface area (TPSA) is 77.2 Å². The molecule has 0 fully saturated rings. The highest BCUT2D eigenvalue weighted by atomic mass is 16.5. The summed E-state index contributed by atoms with van der Waals surface area (Å²) >= 11 is 0. The van der Waals surface area contributed by atoms with Gasteiger partial charge in [0.05, 0.1) is 26.0 Å². The fraction of sp³-hybridized carbons (Fsp3) is 0.571. The first-order chi connectivity index (χ1) is 6.27. The van der Waals surface area contributed by atoms with Gasteiger partial charge in [-0.2, -0.15) is 0 Å². The Morgan fingerprint density at radius 3 is 3.15 bits per heavy atom. The molecule has 0 amide bonds. The molecule has 6 heteroatoms. The molecule has 72 valence electrons. The summed E-state index contributed by atoms with van der Waals surface area (Å²) < 4.78 is 6.08. The van der Waals surface area contributed by atoms with Crippen LogP contribution in [0.2, 0.25) is 0 Å². The highest BCUT2D eigenvalue weighted by Crippen LogP contribution is 1.95. The fourth-order valence-corrected chi connectivity index (χ4v) is 0.809. The minimum Gasteiger partial charge on any atom is -0.461 e. The minimum atomic E-state index is -0.494. The summed E-state index contributed by atoms with van der Waals surface area (Å²) in [6.07, 6.45) is 1.44. The largest absolute Gasteiger partial charge is 0.461 e. The highest BCUT2D eigenvalue weighted by molar-refractivity contribution is 5.86. The third-order valence-corrected chi connectivity index (χ3v) is 1.35. The zero-order valence-electron chi connectivity index (χ0n) is 7.30. The van der Waals surface area contributed by atoms with Crippen molar-refractivity contribution in [3.8, 4) is 0 Å². The first-order valence-electron chi connectivity index (χ1n) is 3.96. The molecule has 6 nitrogen and oxygen atoms in total. The predicted octanol–water partition coefficient (Wildman–Crippen LogP) is -0.553. The summed E-state index contributed by atoms with van der Waals surface area (Å²) in [6.45, 7) is 2.32. The Morgan fingerprint density at radius 2 is 2.54 bits per heavy atom. The van der Waals surface area contributed by atoms with Gasteiger partial charge < -0.3 is 9.84 Å². The molecule has 1 aromatic rings. The van der Waals surface area contributed by atoms with Crippen molar-refractivity contribution in [1.29, 1.82) is 0 Å². The predicted molar refractivity (Wildman–Crippen MR) is 43.1 cm³/mol. The molecule has 0 spiro atoms. The molecule has 1 heterocycles. The second-order valence-electron chi connectivity index (χ2n) is 2.31. The van der Waals surface area contributed by atoms with Gasteiger partial charge in [-0.05, 0) is 6.92 Å². The van der Waals surface area contributed by atoms with Gasteiger partial charge >= 0.3 is 5.97 Å². The van der Waals surface area contributed by atoms with Crippen LogP contribution in [0.4, 0.5) is 0 Å². The van der Waals surface area contributed by atoms with Crippen LogP contribution in [0.5, 0.6) is 0 Å². The van der Waals surface area contributed by atoms with E-state index in [2.05, 4.69) is 10.3 Å². The summed E-state index contributed by atoms with van der Waals surface area (Å²) in [5, 5.41) is 15.8. The number of nitrogens with zero attached hydrogens (tertiary/aromatic N) is 3. The monoisotopic (exact) mass is 185 g/mol. The number of rotatable bonds is 4. The zero-order valence-corrected chi connectivity index (χ0v) is 7.30. The van der Waals surface area contributed by atoms with Gasteiger partial charge in [-0.1, -0.05) is 5.21 Å². The van der Waals surface area contributed by atoms with Gasteiger partial charge in [0, 0.05) is 0 Å². The maximum atomic E-state index is 11.1. The number of hydrogen-bond acceptors (Lipinski definition) is 5. The smallest absolute Gasteiger partial charge is 0.360 e. The molecule has 0 aromatic carbocycles. The number of ether oxygens (including phenoxy) is 1. The molecule has 0 saturated heterocycles. The summed E-state index contributed by atoms with van der Waals surface area (Å²) in [5.41, 5.74) is 0.162. The first-order valence-corrected chi connectivity index (χ1v) is 3.96. The first kappa shape index (κ1) is 9.66. The molecule has 13 heavy (non-hydrogen) atoms. The summed E-state index contributed by atoms with van der Waals surface area (Å²) in [6, 6.07) is 0. The van der Waals surface area contributed by atoms with Crippen LogP contribution in [0, 0.1) is 0 Å². The maximum Gasteiger partial charge on any atom is 0.360 e. The van der Waals surface area contributed by atoms with Crippen LogP contribution in [0.1, 0.15) is 17.4 Å². The maximum absolute atomic E-state index is 11.1. The van der Waals surface area contributed by atoms with Crippen LogP contribution in [0.15, 0.2) is 6.20 Å². The van der Waals surface area contributed by atoms with Gasteiger partial charge in [-0.15, -0.1) is 5.10 Å². The van der Waals surface area contributed by atoms with Gasteiger partial charge in [-0.25, -0.2) is 9.48 Å². The van der Waals surface area contributed by atoms with E-state index in [9.17, 15) is 4.79 Å². The molecule has 1 aromatic heterocycles. The molecule has 0 atom stereocenters. The number of aromatic nitrogens is 3. The second-order valence-corrected chi connectivity index (χ2v) is 2.31. The van der Waals surface area contributed by atoms with Crippen LogP contribution in [-0.4, -0.2) is 39.3 Å². The lowest BCUT2D eigenvalue weighted by Gasteiger charge is -1.95. The molecule has 1 N–H and O–H groups in total. The van der Waals surface area contributed by atoms with Crippen LogP contribution in [0.3, 0.4) is 0 Å². The fourth-order valence-electron chi connectivity index (χ4n) is 0.809. The zero-order chi connectivity index (χ0) is 9.68. The number of aliphatic hydroxyl groups is 1. The van der Waals surface area contributed by atoms with Crippen molar-refractivity contribution in [2.24, 2.45) is 0 Å². The van der Waals surface area contributed by atoms with E-state index < -0.39 is 5.97 Å². The Morgan fingerprint density at radius 1 is 1.77 bits per heavy atom. The van der Waals surface area contributed by atoms with E-state index in [4.69, 9.17) is 9.84 Å². The van der Waals surface area contributed by atoms with E-state index in [1.807, 2.05) is 0 Å². The third-order valence-electron chi connectivity index (χ3n) is 1.35. The quantitative estimate of drug-likeness (QED) is 0.636. The van der Waals surface area contributed by atoms with Gasteiger partial charge in [0.2, 0.25) is 0 Å². The average Bonchev–Trinajstić information content (AvgIpc) is 2.54. The van der Waals surface area contributed by atoms with Crippen molar-refractivity contribution in [2.45, 2.75) is 13.5 Å². The number of esters is 1. The average molecular weight is 185 g/mol. The van der Waals surface area contributed by atoms with Crippen LogP contribution in [0.25, 0.3) is 0 Å². The molecule has 0 unspecified atom stereocenters. The van der Waals surface area contributed by atoms with Crippen molar-refractivity contribution >= 4 is 5.97 Å². The number of carbonyl (C=O) groups is 1. The van der Waals surface area contributed by atoms with Crippen LogP contribution < -0.4 is 0 Å². The molecule has 0 aliphatic carbocycles. The Bertz CT molecular complexity index is 284. The van der Waals surface area contributed by atoms with Gasteiger partial charge in [-0.3, -0.25) is 0 Å². The Hall–Kier alpha value is -1.43. The lowest BCUT2D eigenvalue weighted by Crippen LogP contribution is -2.05. The van der Waals surface area contributed by atoms with Crippen molar-refractivity contribution < 1.29 is 14.6 Å². The highest BCUT2D eigenvalue weighted by Gasteiger charge is 2.10. The molecular weight excluding hydrogens is 174 g/mol. The number of carbonyl (C=O) groups excluding carboxylic acids is 1. The van der Waals surface area contributed by atoms with E-state index >= 15 is 0 Å². The molecule has 1 rings (SSSR count). The van der Waals surface area contributed by atoms with E-state index in [1.54, 1.807) is 6.92 Å². The van der Waals surface area contributed by atoms with Crippen LogP contribution >= 0.6 is 0 Å². The molecule has 0 aliphatic rings. The summed E-state index contributed by atoms with van der Waals surface area (Å²) in [7, 11) is 0. The third kappa shape index (κ3) is 2.51. The Kier molecular flexibility index (Phi) is 3.39. The molecular formula is C7H11N3O3. The van der Waals surface area contributed by atoms with Crippen molar-refractivity contribution in [3.63, 3.8) is 0 Å². The second kappa shape index (κ2) is 4.56. The SMILES string of the molecule is CCOC(=O)c1cn(CCO)nn1. The van der Waals surface area contributed by atoms with Crippen molar-refractivity contribution in [1.82, 2.24) is 15.0 Å². The lowest BCUT2D eigenvalue weighted by molar-refractivity contribution is 0.0519. The summed E-state index contributed by atoms with van der Waals surface area (Å²) in [4.78, 5) is 11.1. The van der Waals surface area contributed by atoms with Crippen LogP contribution in [-0.2, 0) is 11.3 Å². The molecule has 0 bridgehead atoms. The minimum absolute atomic E-state index is 0.0361. The normalized spacial score (nSPS) is 10.0. The summed E-state index contributed by atoms with van der Waals surface area (Å²) in [5.74, 6) is -0.494. The number of hydrogen-bond donors (Lipinski definition) is 1.